The van der Waals surface area contributed by atoms with E-state index >= 15 is 0 Å². The summed E-state index contributed by atoms with van der Waals surface area (Å²) >= 11 is 6.02. The van der Waals surface area contributed by atoms with Crippen LogP contribution in [0.25, 0.3) is 5.57 Å². The van der Waals surface area contributed by atoms with E-state index in [4.69, 9.17) is 11.6 Å². The summed E-state index contributed by atoms with van der Waals surface area (Å²) in [4.78, 5) is 10.9. The molecule has 1 aliphatic heterocycles. The molecule has 4 heteroatoms. The van der Waals surface area contributed by atoms with E-state index in [2.05, 4.69) is 5.32 Å². The Morgan fingerprint density at radius 1 is 1.50 bits per heavy atom. The highest BCUT2D eigenvalue weighted by Gasteiger charge is 2.17. The third-order valence-electron chi connectivity index (χ3n) is 2.83. The van der Waals surface area contributed by atoms with Gasteiger partial charge in [0.1, 0.15) is 5.94 Å². The number of carbonyl (C=O) groups excluding carboxylic acids is 1. The summed E-state index contributed by atoms with van der Waals surface area (Å²) in [6.07, 6.45) is 0.761. The normalized spacial score (nSPS) is 15.2. The van der Waals surface area contributed by atoms with Crippen molar-refractivity contribution in [3.8, 4) is 0 Å². The van der Waals surface area contributed by atoms with E-state index in [0.29, 0.717) is 17.1 Å². The third kappa shape index (κ3) is 1.91. The van der Waals surface area contributed by atoms with Gasteiger partial charge in [-0.25, -0.2) is 4.79 Å². The number of benzene rings is 1. The lowest BCUT2D eigenvalue weighted by Gasteiger charge is -2.12. The molecule has 0 amide bonds. The van der Waals surface area contributed by atoms with Gasteiger partial charge in [-0.05, 0) is 35.7 Å². The van der Waals surface area contributed by atoms with E-state index in [-0.39, 0.29) is 6.61 Å². The van der Waals surface area contributed by atoms with Crippen molar-refractivity contribution >= 4 is 23.1 Å². The van der Waals surface area contributed by atoms with E-state index in [0.717, 1.165) is 29.7 Å². The first kappa shape index (κ1) is 11.4. The molecular weight excluding hydrogens is 226 g/mol. The van der Waals surface area contributed by atoms with Gasteiger partial charge in [-0.15, -0.1) is 0 Å². The number of aliphatic hydroxyl groups is 1. The van der Waals surface area contributed by atoms with Crippen LogP contribution in [0, 0.1) is 0 Å². The zero-order chi connectivity index (χ0) is 11.5. The van der Waals surface area contributed by atoms with Crippen molar-refractivity contribution in [1.29, 1.82) is 0 Å². The largest absolute Gasteiger partial charge is 0.392 e. The van der Waals surface area contributed by atoms with Crippen molar-refractivity contribution in [3.63, 3.8) is 0 Å². The quantitative estimate of drug-likeness (QED) is 0.722. The van der Waals surface area contributed by atoms with E-state index in [9.17, 15) is 9.90 Å². The van der Waals surface area contributed by atoms with Crippen LogP contribution in [-0.4, -0.2) is 24.1 Å². The summed E-state index contributed by atoms with van der Waals surface area (Å²) in [5.41, 5.74) is 3.13. The molecule has 0 saturated heterocycles. The van der Waals surface area contributed by atoms with Crippen molar-refractivity contribution in [1.82, 2.24) is 5.32 Å². The third-order valence-corrected chi connectivity index (χ3v) is 3.19. The molecule has 1 heterocycles. The molecule has 0 saturated carbocycles. The molecule has 0 unspecified atom stereocenters. The molecule has 84 valence electrons. The van der Waals surface area contributed by atoms with Gasteiger partial charge in [-0.3, -0.25) is 0 Å². The Morgan fingerprint density at radius 3 is 3.00 bits per heavy atom. The number of aliphatic hydroxyl groups excluding tert-OH is 1. The Balaban J connectivity index is 2.65. The predicted octanol–water partition coefficient (Wildman–Crippen LogP) is 1.19. The van der Waals surface area contributed by atoms with Crippen LogP contribution in [0.15, 0.2) is 12.1 Å². The minimum Gasteiger partial charge on any atom is -0.392 e. The van der Waals surface area contributed by atoms with Crippen LogP contribution in [0.5, 0.6) is 0 Å². The Morgan fingerprint density at radius 2 is 2.31 bits per heavy atom. The van der Waals surface area contributed by atoms with Crippen LogP contribution in [0.3, 0.4) is 0 Å². The fraction of sp³-hybridized carbons (Fsp3) is 0.333. The van der Waals surface area contributed by atoms with Gasteiger partial charge >= 0.3 is 0 Å². The van der Waals surface area contributed by atoms with Gasteiger partial charge < -0.3 is 10.4 Å². The van der Waals surface area contributed by atoms with Crippen LogP contribution in [-0.2, 0) is 17.8 Å². The van der Waals surface area contributed by atoms with E-state index in [1.165, 1.54) is 0 Å². The Hall–Kier alpha value is -1.12. The van der Waals surface area contributed by atoms with Gasteiger partial charge in [0.25, 0.3) is 0 Å². The highest BCUT2D eigenvalue weighted by molar-refractivity contribution is 6.31. The van der Waals surface area contributed by atoms with Crippen LogP contribution in [0.2, 0.25) is 5.02 Å². The summed E-state index contributed by atoms with van der Waals surface area (Å²) in [6.45, 7) is 1.18. The van der Waals surface area contributed by atoms with Crippen molar-refractivity contribution < 1.29 is 9.90 Å². The summed E-state index contributed by atoms with van der Waals surface area (Å²) in [6, 6.07) is 3.54. The number of nitrogens with one attached hydrogen (secondary N) is 1. The van der Waals surface area contributed by atoms with Gasteiger partial charge in [0.05, 0.1) is 12.2 Å². The van der Waals surface area contributed by atoms with Gasteiger partial charge in [0.15, 0.2) is 0 Å². The molecular formula is C12H12ClNO2. The van der Waals surface area contributed by atoms with Gasteiger partial charge in [0, 0.05) is 11.6 Å². The fourth-order valence-corrected chi connectivity index (χ4v) is 2.25. The van der Waals surface area contributed by atoms with Crippen molar-refractivity contribution in [3.05, 3.63) is 33.8 Å². The lowest BCUT2D eigenvalue weighted by atomic mass is 9.95. The highest BCUT2D eigenvalue weighted by Crippen LogP contribution is 2.28. The molecule has 1 aromatic rings. The monoisotopic (exact) mass is 237 g/mol. The average molecular weight is 238 g/mol. The molecule has 2 rings (SSSR count). The zero-order valence-electron chi connectivity index (χ0n) is 8.72. The molecule has 0 aromatic heterocycles. The first-order valence-electron chi connectivity index (χ1n) is 5.14. The minimum atomic E-state index is -0.103. The molecule has 16 heavy (non-hydrogen) atoms. The van der Waals surface area contributed by atoms with E-state index in [1.807, 2.05) is 12.0 Å². The second kappa shape index (κ2) is 4.81. The first-order valence-corrected chi connectivity index (χ1v) is 5.52. The second-order valence-corrected chi connectivity index (χ2v) is 4.12. The maximum Gasteiger partial charge on any atom is 0.129 e. The maximum absolute atomic E-state index is 10.9. The molecule has 1 aromatic carbocycles. The van der Waals surface area contributed by atoms with Crippen molar-refractivity contribution in [2.45, 2.75) is 13.0 Å². The molecule has 0 bridgehead atoms. The summed E-state index contributed by atoms with van der Waals surface area (Å²) in [5, 5.41) is 13.0. The second-order valence-electron chi connectivity index (χ2n) is 3.72. The summed E-state index contributed by atoms with van der Waals surface area (Å²) in [7, 11) is 0. The maximum atomic E-state index is 10.9. The zero-order valence-corrected chi connectivity index (χ0v) is 9.47. The van der Waals surface area contributed by atoms with E-state index in [1.54, 1.807) is 6.07 Å². The topological polar surface area (TPSA) is 49.3 Å². The molecule has 0 radical (unpaired) electrons. The summed E-state index contributed by atoms with van der Waals surface area (Å²) < 4.78 is 0. The van der Waals surface area contributed by atoms with Crippen LogP contribution in [0.1, 0.15) is 16.7 Å². The lowest BCUT2D eigenvalue weighted by molar-refractivity contribution is 0.280. The summed E-state index contributed by atoms with van der Waals surface area (Å²) in [5.74, 6) is 1.95. The molecule has 0 spiro atoms. The number of fused-ring (bicyclic) bond motifs is 1. The minimum absolute atomic E-state index is 0.103. The predicted molar refractivity (Wildman–Crippen MR) is 63.0 cm³/mol. The molecule has 3 nitrogen and oxygen atoms in total. The SMILES string of the molecule is O=C=C1CNCCc2c1ccc(Cl)c2CO. The Kier molecular flexibility index (Phi) is 3.42. The molecule has 1 aliphatic rings. The lowest BCUT2D eigenvalue weighted by Crippen LogP contribution is -2.16. The van der Waals surface area contributed by atoms with Gasteiger partial charge in [-0.1, -0.05) is 17.7 Å². The van der Waals surface area contributed by atoms with Gasteiger partial charge in [0.2, 0.25) is 0 Å². The number of rotatable bonds is 1. The van der Waals surface area contributed by atoms with Crippen LogP contribution >= 0.6 is 11.6 Å². The van der Waals surface area contributed by atoms with Crippen molar-refractivity contribution in [2.24, 2.45) is 0 Å². The Labute approximate surface area is 98.7 Å². The van der Waals surface area contributed by atoms with Crippen molar-refractivity contribution in [2.75, 3.05) is 13.1 Å². The molecule has 0 fully saturated rings. The number of hydrogen-bond acceptors (Lipinski definition) is 3. The van der Waals surface area contributed by atoms with Crippen LogP contribution < -0.4 is 5.32 Å². The molecule has 0 atom stereocenters. The number of hydrogen-bond donors (Lipinski definition) is 2. The smallest absolute Gasteiger partial charge is 0.129 e. The van der Waals surface area contributed by atoms with Gasteiger partial charge in [-0.2, -0.15) is 0 Å². The standard InChI is InChI=1S/C12H12ClNO2/c13-12-2-1-9-8(6-15)5-14-4-3-10(9)11(12)7-16/h1-2,14,16H,3-5,7H2. The Bertz CT molecular complexity index is 464. The van der Waals surface area contributed by atoms with Crippen LogP contribution in [0.4, 0.5) is 0 Å². The fourth-order valence-electron chi connectivity index (χ4n) is 2.02. The molecule has 2 N–H and O–H groups in total. The molecule has 0 aliphatic carbocycles. The average Bonchev–Trinajstić information content (AvgIpc) is 2.50. The van der Waals surface area contributed by atoms with E-state index < -0.39 is 0 Å². The number of halogens is 1. The highest BCUT2D eigenvalue weighted by atomic mass is 35.5. The first-order chi connectivity index (χ1) is 7.77.